The van der Waals surface area contributed by atoms with Gasteiger partial charge in [0, 0.05) is 18.8 Å². The van der Waals surface area contributed by atoms with E-state index < -0.39 is 17.6 Å². The summed E-state index contributed by atoms with van der Waals surface area (Å²) >= 11 is 0. The number of carbonyl (C=O) groups excluding carboxylic acids is 2. The van der Waals surface area contributed by atoms with Gasteiger partial charge in [-0.2, -0.15) is 0 Å². The second kappa shape index (κ2) is 7.59. The molecule has 0 radical (unpaired) electrons. The van der Waals surface area contributed by atoms with Crippen molar-refractivity contribution in [2.24, 2.45) is 5.92 Å². The summed E-state index contributed by atoms with van der Waals surface area (Å²) in [4.78, 5) is 23.2. The lowest BCUT2D eigenvalue weighted by Gasteiger charge is -2.11. The van der Waals surface area contributed by atoms with E-state index in [0.29, 0.717) is 18.5 Å². The summed E-state index contributed by atoms with van der Waals surface area (Å²) in [6.07, 6.45) is 0.547. The minimum Gasteiger partial charge on any atom is -0.396 e. The molecule has 0 saturated carbocycles. The van der Waals surface area contributed by atoms with Gasteiger partial charge in [0.1, 0.15) is 5.82 Å². The van der Waals surface area contributed by atoms with Gasteiger partial charge in [-0.1, -0.05) is 6.92 Å². The SMILES string of the molecule is Cc1cc(F)cc(NC(=O)C(=O)NCC(C)CCO)c1. The quantitative estimate of drug-likeness (QED) is 0.710. The Morgan fingerprint density at radius 3 is 2.60 bits per heavy atom. The van der Waals surface area contributed by atoms with E-state index in [9.17, 15) is 14.0 Å². The van der Waals surface area contributed by atoms with E-state index in [0.717, 1.165) is 6.07 Å². The van der Waals surface area contributed by atoms with Crippen molar-refractivity contribution in [3.8, 4) is 0 Å². The molecule has 1 rings (SSSR count). The predicted octanol–water partition coefficient (Wildman–Crippen LogP) is 1.21. The van der Waals surface area contributed by atoms with Crippen molar-refractivity contribution in [3.63, 3.8) is 0 Å². The number of hydrogen-bond acceptors (Lipinski definition) is 3. The van der Waals surface area contributed by atoms with E-state index in [1.54, 1.807) is 13.0 Å². The zero-order valence-corrected chi connectivity index (χ0v) is 11.6. The molecule has 0 aliphatic rings. The molecular formula is C14H19FN2O3. The van der Waals surface area contributed by atoms with Crippen LogP contribution in [-0.4, -0.2) is 30.1 Å². The van der Waals surface area contributed by atoms with Crippen molar-refractivity contribution < 1.29 is 19.1 Å². The largest absolute Gasteiger partial charge is 0.396 e. The fourth-order valence-electron chi connectivity index (χ4n) is 1.67. The van der Waals surface area contributed by atoms with Crippen LogP contribution in [0, 0.1) is 18.7 Å². The van der Waals surface area contributed by atoms with Gasteiger partial charge >= 0.3 is 11.8 Å². The number of amides is 2. The molecule has 1 aromatic carbocycles. The number of hydrogen-bond donors (Lipinski definition) is 3. The molecule has 3 N–H and O–H groups in total. The van der Waals surface area contributed by atoms with Crippen molar-refractivity contribution in [2.45, 2.75) is 20.3 Å². The highest BCUT2D eigenvalue weighted by Gasteiger charge is 2.14. The Labute approximate surface area is 117 Å². The fourth-order valence-corrected chi connectivity index (χ4v) is 1.67. The molecule has 1 atom stereocenters. The first kappa shape index (κ1) is 16.1. The molecule has 2 amide bonds. The molecule has 0 aromatic heterocycles. The average molecular weight is 282 g/mol. The maximum Gasteiger partial charge on any atom is 0.313 e. The first-order chi connectivity index (χ1) is 9.42. The van der Waals surface area contributed by atoms with Crippen LogP contribution in [-0.2, 0) is 9.59 Å². The maximum atomic E-state index is 13.1. The van der Waals surface area contributed by atoms with Crippen LogP contribution in [0.4, 0.5) is 10.1 Å². The van der Waals surface area contributed by atoms with E-state index in [2.05, 4.69) is 10.6 Å². The number of halogens is 1. The van der Waals surface area contributed by atoms with E-state index in [4.69, 9.17) is 5.11 Å². The summed E-state index contributed by atoms with van der Waals surface area (Å²) in [6, 6.07) is 4.04. The van der Waals surface area contributed by atoms with Gasteiger partial charge in [-0.15, -0.1) is 0 Å². The Balaban J connectivity index is 2.51. The Hall–Kier alpha value is -1.95. The van der Waals surface area contributed by atoms with Crippen molar-refractivity contribution >= 4 is 17.5 Å². The topological polar surface area (TPSA) is 78.4 Å². The van der Waals surface area contributed by atoms with Gasteiger partial charge in [-0.25, -0.2) is 4.39 Å². The minimum absolute atomic E-state index is 0.0335. The molecular weight excluding hydrogens is 263 g/mol. The fraction of sp³-hybridized carbons (Fsp3) is 0.429. The first-order valence-corrected chi connectivity index (χ1v) is 6.39. The summed E-state index contributed by atoms with van der Waals surface area (Å²) in [6.45, 7) is 3.88. The van der Waals surface area contributed by atoms with E-state index in [1.807, 2.05) is 6.92 Å². The van der Waals surface area contributed by atoms with E-state index in [1.165, 1.54) is 6.07 Å². The van der Waals surface area contributed by atoms with Crippen molar-refractivity contribution in [3.05, 3.63) is 29.6 Å². The summed E-state index contributed by atoms with van der Waals surface area (Å²) in [5, 5.41) is 13.5. The lowest BCUT2D eigenvalue weighted by Crippen LogP contribution is -2.37. The second-order valence-electron chi connectivity index (χ2n) is 4.80. The van der Waals surface area contributed by atoms with Gasteiger partial charge < -0.3 is 15.7 Å². The number of aliphatic hydroxyl groups excluding tert-OH is 1. The molecule has 0 aliphatic carbocycles. The number of carbonyl (C=O) groups is 2. The second-order valence-corrected chi connectivity index (χ2v) is 4.80. The average Bonchev–Trinajstić information content (AvgIpc) is 2.34. The van der Waals surface area contributed by atoms with Crippen LogP contribution in [0.25, 0.3) is 0 Å². The molecule has 0 aliphatic heterocycles. The molecule has 5 nitrogen and oxygen atoms in total. The van der Waals surface area contributed by atoms with Crippen LogP contribution in [0.5, 0.6) is 0 Å². The summed E-state index contributed by atoms with van der Waals surface area (Å²) in [5.41, 5.74) is 0.892. The molecule has 0 bridgehead atoms. The summed E-state index contributed by atoms with van der Waals surface area (Å²) in [7, 11) is 0. The van der Waals surface area contributed by atoms with Crippen LogP contribution in [0.3, 0.4) is 0 Å². The molecule has 0 fully saturated rings. The standard InChI is InChI=1S/C14H19FN2O3/c1-9(3-4-18)8-16-13(19)14(20)17-12-6-10(2)5-11(15)7-12/h5-7,9,18H,3-4,8H2,1-2H3,(H,16,19)(H,17,20). The minimum atomic E-state index is -0.841. The van der Waals surface area contributed by atoms with Crippen LogP contribution >= 0.6 is 0 Å². The van der Waals surface area contributed by atoms with Crippen molar-refractivity contribution in [1.29, 1.82) is 0 Å². The molecule has 0 spiro atoms. The number of rotatable bonds is 5. The van der Waals surface area contributed by atoms with E-state index in [-0.39, 0.29) is 18.2 Å². The van der Waals surface area contributed by atoms with Gasteiger partial charge in [0.25, 0.3) is 0 Å². The highest BCUT2D eigenvalue weighted by atomic mass is 19.1. The monoisotopic (exact) mass is 282 g/mol. The lowest BCUT2D eigenvalue weighted by molar-refractivity contribution is -0.136. The number of anilines is 1. The predicted molar refractivity (Wildman–Crippen MR) is 73.6 cm³/mol. The van der Waals surface area contributed by atoms with Gasteiger partial charge in [0.15, 0.2) is 0 Å². The Morgan fingerprint density at radius 1 is 1.30 bits per heavy atom. The lowest BCUT2D eigenvalue weighted by atomic mass is 10.1. The molecule has 0 heterocycles. The van der Waals surface area contributed by atoms with Gasteiger partial charge in [-0.3, -0.25) is 9.59 Å². The normalized spacial score (nSPS) is 11.8. The van der Waals surface area contributed by atoms with Gasteiger partial charge in [-0.05, 0) is 43.0 Å². The van der Waals surface area contributed by atoms with Gasteiger partial charge in [0.05, 0.1) is 0 Å². The third-order valence-electron chi connectivity index (χ3n) is 2.74. The van der Waals surface area contributed by atoms with Crippen molar-refractivity contribution in [1.82, 2.24) is 5.32 Å². The number of nitrogens with one attached hydrogen (secondary N) is 2. The van der Waals surface area contributed by atoms with Crippen LogP contribution < -0.4 is 10.6 Å². The Bertz CT molecular complexity index is 471. The number of aliphatic hydroxyl groups is 1. The molecule has 0 saturated heterocycles. The summed E-state index contributed by atoms with van der Waals surface area (Å²) in [5.74, 6) is -2.02. The van der Waals surface area contributed by atoms with Crippen molar-refractivity contribution in [2.75, 3.05) is 18.5 Å². The molecule has 1 aromatic rings. The number of aryl methyl sites for hydroxylation is 1. The third kappa shape index (κ3) is 5.36. The van der Waals surface area contributed by atoms with Gasteiger partial charge in [0.2, 0.25) is 0 Å². The summed E-state index contributed by atoms with van der Waals surface area (Å²) < 4.78 is 13.1. The smallest absolute Gasteiger partial charge is 0.313 e. The molecule has 110 valence electrons. The molecule has 1 unspecified atom stereocenters. The zero-order valence-electron chi connectivity index (χ0n) is 11.6. The first-order valence-electron chi connectivity index (χ1n) is 6.39. The van der Waals surface area contributed by atoms with E-state index >= 15 is 0 Å². The highest BCUT2D eigenvalue weighted by Crippen LogP contribution is 2.13. The zero-order chi connectivity index (χ0) is 15.1. The molecule has 6 heteroatoms. The van der Waals surface area contributed by atoms with Crippen LogP contribution in [0.2, 0.25) is 0 Å². The molecule has 20 heavy (non-hydrogen) atoms. The van der Waals surface area contributed by atoms with Crippen LogP contribution in [0.1, 0.15) is 18.9 Å². The third-order valence-corrected chi connectivity index (χ3v) is 2.74. The Kier molecular flexibility index (Phi) is 6.11. The number of benzene rings is 1. The maximum absolute atomic E-state index is 13.1. The highest BCUT2D eigenvalue weighted by molar-refractivity contribution is 6.39. The Morgan fingerprint density at radius 2 is 2.00 bits per heavy atom. The van der Waals surface area contributed by atoms with Crippen LogP contribution in [0.15, 0.2) is 18.2 Å².